The van der Waals surface area contributed by atoms with Crippen LogP contribution in [0.15, 0.2) is 53.3 Å². The van der Waals surface area contributed by atoms with E-state index < -0.39 is 29.1 Å². The SMILES string of the molecule is COC(=O)Nc1nc2ccc(-c3cc(Cc4n[nH]c(=O)c5cc(F)c(F)cc45)ccc3F)cc2[nH]1. The first kappa shape index (κ1) is 22.1. The highest BCUT2D eigenvalue weighted by Crippen LogP contribution is 2.29. The minimum Gasteiger partial charge on any atom is -0.453 e. The number of ether oxygens (including phenoxy) is 1. The lowest BCUT2D eigenvalue weighted by atomic mass is 9.98. The first-order valence-corrected chi connectivity index (χ1v) is 10.3. The average molecular weight is 479 g/mol. The molecule has 2 aromatic heterocycles. The van der Waals surface area contributed by atoms with Crippen LogP contribution < -0.4 is 10.9 Å². The van der Waals surface area contributed by atoms with Crippen molar-refractivity contribution in [2.24, 2.45) is 0 Å². The fourth-order valence-electron chi connectivity index (χ4n) is 3.83. The summed E-state index contributed by atoms with van der Waals surface area (Å²) in [6, 6.07) is 11.2. The van der Waals surface area contributed by atoms with E-state index in [2.05, 4.69) is 30.2 Å². The zero-order valence-electron chi connectivity index (χ0n) is 18.1. The van der Waals surface area contributed by atoms with E-state index in [0.717, 1.165) is 12.1 Å². The van der Waals surface area contributed by atoms with Gasteiger partial charge in [-0.1, -0.05) is 12.1 Å². The average Bonchev–Trinajstić information content (AvgIpc) is 3.24. The summed E-state index contributed by atoms with van der Waals surface area (Å²) in [5.74, 6) is -2.53. The fraction of sp³-hybridized carbons (Fsp3) is 0.0833. The first-order chi connectivity index (χ1) is 16.8. The Morgan fingerprint density at radius 3 is 2.54 bits per heavy atom. The molecule has 0 unspecified atom stereocenters. The maximum absolute atomic E-state index is 14.8. The van der Waals surface area contributed by atoms with E-state index in [-0.39, 0.29) is 28.7 Å². The summed E-state index contributed by atoms with van der Waals surface area (Å²) in [6.45, 7) is 0. The van der Waals surface area contributed by atoms with Gasteiger partial charge in [-0.2, -0.15) is 5.10 Å². The maximum Gasteiger partial charge on any atom is 0.413 e. The fourth-order valence-corrected chi connectivity index (χ4v) is 3.83. The Bertz CT molecular complexity index is 1680. The summed E-state index contributed by atoms with van der Waals surface area (Å²) < 4.78 is 46.8. The van der Waals surface area contributed by atoms with Crippen LogP contribution in [0.2, 0.25) is 0 Å². The predicted octanol–water partition coefficient (Wildman–Crippen LogP) is 4.65. The lowest BCUT2D eigenvalue weighted by Crippen LogP contribution is -2.12. The van der Waals surface area contributed by atoms with Crippen LogP contribution in [-0.2, 0) is 11.2 Å². The number of amides is 1. The third-order valence-electron chi connectivity index (χ3n) is 5.51. The van der Waals surface area contributed by atoms with Gasteiger partial charge in [-0.05, 0) is 47.5 Å². The molecule has 5 rings (SSSR count). The van der Waals surface area contributed by atoms with Crippen molar-refractivity contribution in [2.45, 2.75) is 6.42 Å². The van der Waals surface area contributed by atoms with Gasteiger partial charge in [0.2, 0.25) is 5.95 Å². The van der Waals surface area contributed by atoms with Crippen LogP contribution in [0.4, 0.5) is 23.9 Å². The minimum absolute atomic E-state index is 0.0303. The number of carbonyl (C=O) groups is 1. The van der Waals surface area contributed by atoms with Gasteiger partial charge in [-0.3, -0.25) is 10.1 Å². The Hall–Kier alpha value is -4.67. The van der Waals surface area contributed by atoms with Gasteiger partial charge < -0.3 is 9.72 Å². The van der Waals surface area contributed by atoms with Crippen molar-refractivity contribution in [3.8, 4) is 11.1 Å². The molecule has 0 spiro atoms. The van der Waals surface area contributed by atoms with Gasteiger partial charge in [0.25, 0.3) is 5.56 Å². The van der Waals surface area contributed by atoms with E-state index >= 15 is 0 Å². The van der Waals surface area contributed by atoms with Crippen LogP contribution >= 0.6 is 0 Å². The number of fused-ring (bicyclic) bond motifs is 2. The van der Waals surface area contributed by atoms with E-state index in [0.29, 0.717) is 27.9 Å². The van der Waals surface area contributed by atoms with Gasteiger partial charge in [0.1, 0.15) is 5.82 Å². The molecule has 3 N–H and O–H groups in total. The monoisotopic (exact) mass is 479 g/mol. The summed E-state index contributed by atoms with van der Waals surface area (Å²) in [7, 11) is 1.23. The van der Waals surface area contributed by atoms with E-state index in [1.165, 1.54) is 13.2 Å². The third kappa shape index (κ3) is 4.19. The molecule has 0 bridgehead atoms. The van der Waals surface area contributed by atoms with Crippen molar-refractivity contribution < 1.29 is 22.7 Å². The zero-order valence-corrected chi connectivity index (χ0v) is 18.1. The number of anilines is 1. The molecule has 1 amide bonds. The highest BCUT2D eigenvalue weighted by Gasteiger charge is 2.15. The number of imidazole rings is 1. The van der Waals surface area contributed by atoms with Crippen molar-refractivity contribution in [1.82, 2.24) is 20.2 Å². The molecule has 176 valence electrons. The van der Waals surface area contributed by atoms with Crippen LogP contribution in [0.1, 0.15) is 11.3 Å². The number of nitrogens with zero attached hydrogens (tertiary/aromatic N) is 2. The maximum atomic E-state index is 14.8. The Labute approximate surface area is 194 Å². The number of aromatic nitrogens is 4. The normalized spacial score (nSPS) is 11.2. The number of hydrogen-bond acceptors (Lipinski definition) is 5. The minimum atomic E-state index is -1.14. The molecule has 0 aliphatic carbocycles. The number of methoxy groups -OCH3 is 1. The van der Waals surface area contributed by atoms with Gasteiger partial charge in [0.05, 0.1) is 29.2 Å². The third-order valence-corrected chi connectivity index (χ3v) is 5.51. The second-order valence-corrected chi connectivity index (χ2v) is 7.74. The number of aromatic amines is 2. The van der Waals surface area contributed by atoms with Gasteiger partial charge in [0.15, 0.2) is 11.6 Å². The Balaban J connectivity index is 1.52. The largest absolute Gasteiger partial charge is 0.453 e. The van der Waals surface area contributed by atoms with Gasteiger partial charge in [-0.25, -0.2) is 28.0 Å². The number of rotatable bonds is 4. The molecule has 5 aromatic rings. The second kappa shape index (κ2) is 8.60. The molecule has 3 aromatic carbocycles. The Morgan fingerprint density at radius 1 is 1.00 bits per heavy atom. The molecular formula is C24H16F3N5O3. The Morgan fingerprint density at radius 2 is 1.77 bits per heavy atom. The van der Waals surface area contributed by atoms with Crippen molar-refractivity contribution in [1.29, 1.82) is 0 Å². The molecule has 0 fully saturated rings. The van der Waals surface area contributed by atoms with E-state index in [1.54, 1.807) is 30.3 Å². The van der Waals surface area contributed by atoms with Crippen LogP contribution in [0.5, 0.6) is 0 Å². The number of benzene rings is 3. The van der Waals surface area contributed by atoms with Gasteiger partial charge >= 0.3 is 6.09 Å². The van der Waals surface area contributed by atoms with Crippen LogP contribution in [0, 0.1) is 17.5 Å². The molecule has 35 heavy (non-hydrogen) atoms. The summed E-state index contributed by atoms with van der Waals surface area (Å²) in [4.78, 5) is 30.6. The molecule has 0 saturated heterocycles. The summed E-state index contributed by atoms with van der Waals surface area (Å²) >= 11 is 0. The second-order valence-electron chi connectivity index (χ2n) is 7.74. The molecule has 0 aliphatic heterocycles. The topological polar surface area (TPSA) is 113 Å². The quantitative estimate of drug-likeness (QED) is 0.347. The highest BCUT2D eigenvalue weighted by molar-refractivity contribution is 5.88. The lowest BCUT2D eigenvalue weighted by molar-refractivity contribution is 0.186. The van der Waals surface area contributed by atoms with E-state index in [4.69, 9.17) is 0 Å². The smallest absolute Gasteiger partial charge is 0.413 e. The first-order valence-electron chi connectivity index (χ1n) is 10.3. The van der Waals surface area contributed by atoms with Gasteiger partial charge in [-0.15, -0.1) is 0 Å². The molecule has 8 nitrogen and oxygen atoms in total. The van der Waals surface area contributed by atoms with Crippen molar-refractivity contribution in [2.75, 3.05) is 12.4 Å². The number of carbonyl (C=O) groups excluding carboxylic acids is 1. The van der Waals surface area contributed by atoms with Crippen molar-refractivity contribution in [3.63, 3.8) is 0 Å². The molecule has 0 aliphatic rings. The molecule has 0 saturated carbocycles. The summed E-state index contributed by atoms with van der Waals surface area (Å²) in [5, 5.41) is 8.85. The molecule has 11 heteroatoms. The zero-order chi connectivity index (χ0) is 24.7. The highest BCUT2D eigenvalue weighted by atomic mass is 19.2. The van der Waals surface area contributed by atoms with Crippen LogP contribution in [-0.4, -0.2) is 33.4 Å². The number of nitrogens with one attached hydrogen (secondary N) is 3. The molecule has 0 atom stereocenters. The summed E-state index contributed by atoms with van der Waals surface area (Å²) in [6.07, 6.45) is -0.556. The van der Waals surface area contributed by atoms with E-state index in [1.807, 2.05) is 0 Å². The van der Waals surface area contributed by atoms with Crippen LogP contribution in [0.3, 0.4) is 0 Å². The molecule has 0 radical (unpaired) electrons. The lowest BCUT2D eigenvalue weighted by Gasteiger charge is -2.09. The van der Waals surface area contributed by atoms with Gasteiger partial charge in [0, 0.05) is 17.4 Å². The van der Waals surface area contributed by atoms with Crippen LogP contribution in [0.25, 0.3) is 32.9 Å². The van der Waals surface area contributed by atoms with Crippen molar-refractivity contribution >= 4 is 33.8 Å². The van der Waals surface area contributed by atoms with Crippen molar-refractivity contribution in [3.05, 3.63) is 87.6 Å². The number of halogens is 3. The number of H-pyrrole nitrogens is 2. The molecule has 2 heterocycles. The van der Waals surface area contributed by atoms with E-state index in [9.17, 15) is 22.8 Å². The standard InChI is InChI=1S/C24H16F3N5O3/c1-35-24(34)30-23-28-19-5-3-12(8-21(19)29-23)13-6-11(2-4-16(13)25)7-20-14-9-17(26)18(27)10-15(14)22(33)32-31-20/h2-6,8-10H,7H2,1H3,(H,32,33)(H2,28,29,30,34). The summed E-state index contributed by atoms with van der Waals surface area (Å²) in [5.41, 5.74) is 2.23. The Kier molecular flexibility index (Phi) is 5.44. The predicted molar refractivity (Wildman–Crippen MR) is 123 cm³/mol. The molecular weight excluding hydrogens is 463 g/mol. The number of hydrogen-bond donors (Lipinski definition) is 3.